The first-order valence-electron chi connectivity index (χ1n) is 11.8. The van der Waals surface area contributed by atoms with Gasteiger partial charge in [0.1, 0.15) is 11.6 Å². The van der Waals surface area contributed by atoms with E-state index in [-0.39, 0.29) is 28.1 Å². The first-order valence-corrected chi connectivity index (χ1v) is 11.8. The Balaban J connectivity index is -0.000000490. The van der Waals surface area contributed by atoms with E-state index < -0.39 is 24.8 Å². The van der Waals surface area contributed by atoms with E-state index >= 15 is 0 Å². The van der Waals surface area contributed by atoms with Crippen LogP contribution in [-0.2, 0) is 35.7 Å². The van der Waals surface area contributed by atoms with E-state index in [1.54, 1.807) is 0 Å². The van der Waals surface area contributed by atoms with E-state index in [4.69, 9.17) is 0 Å². The summed E-state index contributed by atoms with van der Waals surface area (Å²) in [5.74, 6) is -2.93. The summed E-state index contributed by atoms with van der Waals surface area (Å²) in [6.07, 6.45) is 16.0. The van der Waals surface area contributed by atoms with E-state index in [2.05, 4.69) is 13.8 Å². The Labute approximate surface area is 198 Å². The number of rotatable bonds is 20. The molecule has 0 heterocycles. The van der Waals surface area contributed by atoms with Crippen LogP contribution < -0.4 is 10.2 Å². The summed E-state index contributed by atoms with van der Waals surface area (Å²) in [6.45, 7) is 4.36. The van der Waals surface area contributed by atoms with E-state index in [0.717, 1.165) is 38.5 Å². The van der Waals surface area contributed by atoms with Crippen LogP contribution in [0.2, 0.25) is 0 Å². The van der Waals surface area contributed by atoms with Crippen molar-refractivity contribution in [3.05, 3.63) is 0 Å². The van der Waals surface area contributed by atoms with Crippen molar-refractivity contribution in [1.82, 2.24) is 0 Å². The summed E-state index contributed by atoms with van der Waals surface area (Å²) in [6, 6.07) is 0. The minimum absolute atomic E-state index is 0. The van der Waals surface area contributed by atoms with Gasteiger partial charge in [0.05, 0.1) is 0 Å². The fourth-order valence-corrected chi connectivity index (χ4v) is 3.06. The second-order valence-corrected chi connectivity index (χ2v) is 7.92. The molecule has 0 aromatic heterocycles. The van der Waals surface area contributed by atoms with Crippen molar-refractivity contribution in [3.8, 4) is 0 Å². The van der Waals surface area contributed by atoms with Crippen LogP contribution in [0.15, 0.2) is 0 Å². The Morgan fingerprint density at radius 2 is 0.742 bits per heavy atom. The molecule has 0 aliphatic heterocycles. The molecule has 0 N–H and O–H groups in total. The van der Waals surface area contributed by atoms with Crippen molar-refractivity contribution in [2.45, 2.75) is 129 Å². The van der Waals surface area contributed by atoms with Gasteiger partial charge in [-0.25, -0.2) is 0 Å². The Morgan fingerprint density at radius 1 is 0.484 bits per heavy atom. The third-order valence-electron chi connectivity index (χ3n) is 4.80. The number of carbonyl (C=O) groups is 4. The average Bonchev–Trinajstić information content (AvgIpc) is 2.66. The van der Waals surface area contributed by atoms with Crippen molar-refractivity contribution >= 4 is 23.5 Å². The second-order valence-electron chi connectivity index (χ2n) is 7.92. The molecule has 0 saturated carbocycles. The van der Waals surface area contributed by atoms with Crippen molar-refractivity contribution < 1.29 is 45.9 Å². The summed E-state index contributed by atoms with van der Waals surface area (Å²) in [5, 5.41) is 20.2. The molecule has 0 atom stereocenters. The fraction of sp³-hybridized carbons (Fsp3) is 0.833. The molecule has 31 heavy (non-hydrogen) atoms. The van der Waals surface area contributed by atoms with Crippen LogP contribution in [0.3, 0.4) is 0 Å². The summed E-state index contributed by atoms with van der Waals surface area (Å²) in [7, 11) is 0. The SMILES string of the molecule is CCCCCCCCCC(=O)CC(=O)[O-].CCCCCCCCCC(=O)CC(=O)[O-].[Ni+2]. The standard InChI is InChI=1S/2C12H22O3.Ni/c2*1-2-3-4-5-6-7-8-9-11(13)10-12(14)15;/h2*2-10H2,1H3,(H,14,15);/q;;+2/p-2. The van der Waals surface area contributed by atoms with E-state index in [9.17, 15) is 29.4 Å². The van der Waals surface area contributed by atoms with Gasteiger partial charge >= 0.3 is 16.5 Å². The third-order valence-corrected chi connectivity index (χ3v) is 4.80. The predicted octanol–water partition coefficient (Wildman–Crippen LogP) is 3.67. The Bertz CT molecular complexity index is 423. The van der Waals surface area contributed by atoms with Gasteiger partial charge in [0.25, 0.3) is 0 Å². The van der Waals surface area contributed by atoms with Crippen molar-refractivity contribution in [2.75, 3.05) is 0 Å². The van der Waals surface area contributed by atoms with Crippen molar-refractivity contribution in [2.24, 2.45) is 0 Å². The molecular formula is C24H42NiO6. The Kier molecular flexibility index (Phi) is 29.7. The minimum Gasteiger partial charge on any atom is -0.550 e. The molecule has 0 rings (SSSR count). The molecule has 7 heteroatoms. The number of unbranched alkanes of at least 4 members (excludes halogenated alkanes) is 12. The molecule has 0 aromatic carbocycles. The number of ketones is 2. The number of aliphatic carboxylic acids is 2. The monoisotopic (exact) mass is 484 g/mol. The van der Waals surface area contributed by atoms with E-state index in [1.807, 2.05) is 0 Å². The first-order chi connectivity index (χ1) is 14.3. The van der Waals surface area contributed by atoms with Gasteiger partial charge < -0.3 is 19.8 Å². The molecule has 0 amide bonds. The zero-order chi connectivity index (χ0) is 23.0. The molecule has 0 radical (unpaired) electrons. The molecule has 6 nitrogen and oxygen atoms in total. The average molecular weight is 485 g/mol. The molecule has 0 unspecified atom stereocenters. The van der Waals surface area contributed by atoms with E-state index in [1.165, 1.54) is 51.4 Å². The maximum absolute atomic E-state index is 11.0. The van der Waals surface area contributed by atoms with Gasteiger partial charge in [-0.15, -0.1) is 0 Å². The molecular weight excluding hydrogens is 443 g/mol. The van der Waals surface area contributed by atoms with Crippen LogP contribution in [0.5, 0.6) is 0 Å². The predicted molar refractivity (Wildman–Crippen MR) is 114 cm³/mol. The number of carboxylic acids is 2. The van der Waals surface area contributed by atoms with Crippen molar-refractivity contribution in [1.29, 1.82) is 0 Å². The van der Waals surface area contributed by atoms with Crippen LogP contribution >= 0.6 is 0 Å². The number of hydrogen-bond acceptors (Lipinski definition) is 6. The summed E-state index contributed by atoms with van der Waals surface area (Å²) >= 11 is 0. The van der Waals surface area contributed by atoms with Gasteiger partial charge in [-0.1, -0.05) is 90.9 Å². The minimum atomic E-state index is -1.26. The van der Waals surface area contributed by atoms with Crippen LogP contribution in [0.4, 0.5) is 0 Å². The first kappa shape index (κ1) is 34.4. The number of hydrogen-bond donors (Lipinski definition) is 0. The van der Waals surface area contributed by atoms with Gasteiger partial charge in [-0.3, -0.25) is 9.59 Å². The Hall–Kier alpha value is -1.23. The van der Waals surface area contributed by atoms with Crippen LogP contribution in [0.25, 0.3) is 0 Å². The van der Waals surface area contributed by atoms with Gasteiger partial charge in [0.15, 0.2) is 0 Å². The summed E-state index contributed by atoms with van der Waals surface area (Å²) < 4.78 is 0. The maximum Gasteiger partial charge on any atom is 2.00 e. The maximum atomic E-state index is 11.0. The molecule has 0 aromatic rings. The summed E-state index contributed by atoms with van der Waals surface area (Å²) in [4.78, 5) is 42.1. The molecule has 0 spiro atoms. The fourth-order valence-electron chi connectivity index (χ4n) is 3.06. The molecule has 184 valence electrons. The molecule has 0 saturated heterocycles. The van der Waals surface area contributed by atoms with Gasteiger partial charge in [0.2, 0.25) is 0 Å². The van der Waals surface area contributed by atoms with Gasteiger partial charge in [-0.2, -0.15) is 0 Å². The van der Waals surface area contributed by atoms with Gasteiger partial charge in [-0.05, 0) is 12.8 Å². The van der Waals surface area contributed by atoms with E-state index in [0.29, 0.717) is 12.8 Å². The third kappa shape index (κ3) is 33.6. The zero-order valence-corrected chi connectivity index (χ0v) is 20.5. The van der Waals surface area contributed by atoms with Crippen LogP contribution in [0.1, 0.15) is 129 Å². The normalized spacial score (nSPS) is 9.87. The molecule has 0 fully saturated rings. The molecule has 0 aliphatic carbocycles. The number of carbonyl (C=O) groups excluding carboxylic acids is 4. The Morgan fingerprint density at radius 3 is 1.00 bits per heavy atom. The largest absolute Gasteiger partial charge is 2.00 e. The second kappa shape index (κ2) is 26.8. The van der Waals surface area contributed by atoms with Crippen molar-refractivity contribution in [3.63, 3.8) is 0 Å². The number of Topliss-reactive ketones (excluding diaryl/α,β-unsaturated/α-hetero) is 2. The smallest absolute Gasteiger partial charge is 0.550 e. The summed E-state index contributed by atoms with van der Waals surface area (Å²) in [5.41, 5.74) is 0. The number of carboxylic acid groups (broad SMARTS) is 2. The molecule has 0 bridgehead atoms. The molecule has 0 aliphatic rings. The quantitative estimate of drug-likeness (QED) is 0.148. The van der Waals surface area contributed by atoms with Crippen LogP contribution in [-0.4, -0.2) is 23.5 Å². The van der Waals surface area contributed by atoms with Crippen LogP contribution in [0, 0.1) is 0 Å². The zero-order valence-electron chi connectivity index (χ0n) is 19.5. The van der Waals surface area contributed by atoms with Gasteiger partial charge in [0, 0.05) is 37.6 Å². The topological polar surface area (TPSA) is 114 Å².